The average molecular weight is 391 g/mol. The first-order valence-electron chi connectivity index (χ1n) is 9.51. The van der Waals surface area contributed by atoms with Gasteiger partial charge in [0.1, 0.15) is 11.6 Å². The molecule has 0 radical (unpaired) electrons. The van der Waals surface area contributed by atoms with Crippen LogP contribution in [-0.4, -0.2) is 25.7 Å². The lowest BCUT2D eigenvalue weighted by molar-refractivity contribution is -0.116. The van der Waals surface area contributed by atoms with E-state index < -0.39 is 0 Å². The molecule has 4 aromatic rings. The Bertz CT molecular complexity index is 1130. The lowest BCUT2D eigenvalue weighted by Gasteiger charge is -2.07. The number of nitrogens with zero attached hydrogens (tertiary/aromatic N) is 3. The fourth-order valence-electron chi connectivity index (χ4n) is 3.35. The van der Waals surface area contributed by atoms with Crippen molar-refractivity contribution in [1.29, 1.82) is 0 Å². The largest absolute Gasteiger partial charge is 0.342 e. The molecule has 0 aliphatic carbocycles. The Hall–Kier alpha value is -3.48. The van der Waals surface area contributed by atoms with Gasteiger partial charge in [0.15, 0.2) is 0 Å². The maximum atomic E-state index is 13.1. The van der Waals surface area contributed by atoms with Crippen LogP contribution in [0.15, 0.2) is 48.5 Å². The van der Waals surface area contributed by atoms with Gasteiger partial charge in [-0.3, -0.25) is 9.48 Å². The molecule has 1 amide bonds. The molecule has 2 heterocycles. The smallest absolute Gasteiger partial charge is 0.224 e. The van der Waals surface area contributed by atoms with Gasteiger partial charge in [0.25, 0.3) is 0 Å². The van der Waals surface area contributed by atoms with Gasteiger partial charge in [0.2, 0.25) is 5.91 Å². The van der Waals surface area contributed by atoms with E-state index in [-0.39, 0.29) is 11.7 Å². The van der Waals surface area contributed by atoms with Crippen molar-refractivity contribution in [3.63, 3.8) is 0 Å². The first kappa shape index (κ1) is 18.9. The number of amides is 1. The number of para-hydroxylation sites is 2. The Balaban J connectivity index is 1.41. The maximum Gasteiger partial charge on any atom is 0.224 e. The summed E-state index contributed by atoms with van der Waals surface area (Å²) in [5.74, 6) is 0.444. The van der Waals surface area contributed by atoms with Gasteiger partial charge in [-0.15, -0.1) is 0 Å². The first-order valence-corrected chi connectivity index (χ1v) is 9.51. The molecule has 6 nitrogen and oxygen atoms in total. The van der Waals surface area contributed by atoms with Gasteiger partial charge in [-0.25, -0.2) is 9.37 Å². The SMILES string of the molecule is Cc1nn(Cc2ccc(F)cc2)c(C)c1NC(=O)CCc1nc2ccccc2[nH]1. The number of imidazole rings is 1. The second-order valence-corrected chi connectivity index (χ2v) is 7.08. The summed E-state index contributed by atoms with van der Waals surface area (Å²) in [7, 11) is 0. The van der Waals surface area contributed by atoms with Crippen LogP contribution in [-0.2, 0) is 17.8 Å². The van der Waals surface area contributed by atoms with Crippen LogP contribution in [0.4, 0.5) is 10.1 Å². The summed E-state index contributed by atoms with van der Waals surface area (Å²) in [5.41, 5.74) is 5.15. The van der Waals surface area contributed by atoms with Crippen molar-refractivity contribution >= 4 is 22.6 Å². The molecule has 2 N–H and O–H groups in total. The van der Waals surface area contributed by atoms with Crippen molar-refractivity contribution < 1.29 is 9.18 Å². The van der Waals surface area contributed by atoms with Crippen LogP contribution in [0.3, 0.4) is 0 Å². The average Bonchev–Trinajstić information content (AvgIpc) is 3.24. The minimum Gasteiger partial charge on any atom is -0.342 e. The number of H-pyrrole nitrogens is 1. The Morgan fingerprint density at radius 1 is 1.14 bits per heavy atom. The van der Waals surface area contributed by atoms with Crippen molar-refractivity contribution in [2.24, 2.45) is 0 Å². The monoisotopic (exact) mass is 391 g/mol. The van der Waals surface area contributed by atoms with E-state index in [0.29, 0.717) is 19.4 Å². The van der Waals surface area contributed by atoms with Crippen LogP contribution in [0.1, 0.15) is 29.2 Å². The number of aryl methyl sites for hydroxylation is 2. The minimum atomic E-state index is -0.264. The third-order valence-corrected chi connectivity index (χ3v) is 4.92. The molecular formula is C22H22FN5O. The van der Waals surface area contributed by atoms with Gasteiger partial charge < -0.3 is 10.3 Å². The Labute approximate surface area is 167 Å². The molecule has 0 atom stereocenters. The first-order chi connectivity index (χ1) is 14.0. The summed E-state index contributed by atoms with van der Waals surface area (Å²) in [4.78, 5) is 20.2. The number of carbonyl (C=O) groups is 1. The summed E-state index contributed by atoms with van der Waals surface area (Å²) in [6, 6.07) is 14.1. The van der Waals surface area contributed by atoms with E-state index >= 15 is 0 Å². The third-order valence-electron chi connectivity index (χ3n) is 4.92. The summed E-state index contributed by atoms with van der Waals surface area (Å²) < 4.78 is 14.9. The molecule has 7 heteroatoms. The summed E-state index contributed by atoms with van der Waals surface area (Å²) in [6.45, 7) is 4.29. The number of hydrogen-bond donors (Lipinski definition) is 2. The molecule has 4 rings (SSSR count). The van der Waals surface area contributed by atoms with E-state index in [1.54, 1.807) is 12.1 Å². The van der Waals surface area contributed by atoms with Crippen molar-refractivity contribution in [3.8, 4) is 0 Å². The topological polar surface area (TPSA) is 75.6 Å². The van der Waals surface area contributed by atoms with Gasteiger partial charge in [-0.05, 0) is 43.7 Å². The lowest BCUT2D eigenvalue weighted by atomic mass is 10.2. The second kappa shape index (κ2) is 7.87. The van der Waals surface area contributed by atoms with E-state index in [2.05, 4.69) is 20.4 Å². The van der Waals surface area contributed by atoms with Gasteiger partial charge in [-0.1, -0.05) is 24.3 Å². The molecule has 0 aliphatic heterocycles. The highest BCUT2D eigenvalue weighted by Crippen LogP contribution is 2.21. The summed E-state index contributed by atoms with van der Waals surface area (Å²) in [5, 5.41) is 7.49. The molecule has 0 fully saturated rings. The number of aromatic nitrogens is 4. The molecule has 148 valence electrons. The zero-order valence-electron chi connectivity index (χ0n) is 16.4. The van der Waals surface area contributed by atoms with E-state index in [1.165, 1.54) is 12.1 Å². The van der Waals surface area contributed by atoms with Crippen molar-refractivity contribution in [1.82, 2.24) is 19.7 Å². The van der Waals surface area contributed by atoms with Crippen LogP contribution in [0.25, 0.3) is 11.0 Å². The van der Waals surface area contributed by atoms with E-state index in [0.717, 1.165) is 39.5 Å². The highest BCUT2D eigenvalue weighted by Gasteiger charge is 2.15. The van der Waals surface area contributed by atoms with Crippen molar-refractivity contribution in [3.05, 3.63) is 77.1 Å². The summed E-state index contributed by atoms with van der Waals surface area (Å²) >= 11 is 0. The molecular weight excluding hydrogens is 369 g/mol. The third kappa shape index (κ3) is 4.18. The Morgan fingerprint density at radius 2 is 1.90 bits per heavy atom. The lowest BCUT2D eigenvalue weighted by Crippen LogP contribution is -2.14. The number of anilines is 1. The Morgan fingerprint density at radius 3 is 2.66 bits per heavy atom. The number of fused-ring (bicyclic) bond motifs is 1. The Kier molecular flexibility index (Phi) is 5.12. The molecule has 2 aromatic carbocycles. The number of nitrogens with one attached hydrogen (secondary N) is 2. The van der Waals surface area contributed by atoms with E-state index in [9.17, 15) is 9.18 Å². The highest BCUT2D eigenvalue weighted by atomic mass is 19.1. The van der Waals surface area contributed by atoms with E-state index in [4.69, 9.17) is 0 Å². The van der Waals surface area contributed by atoms with Crippen LogP contribution in [0.5, 0.6) is 0 Å². The van der Waals surface area contributed by atoms with Crippen molar-refractivity contribution in [2.45, 2.75) is 33.2 Å². The molecule has 0 saturated carbocycles. The van der Waals surface area contributed by atoms with Gasteiger partial charge in [0, 0.05) is 12.8 Å². The van der Waals surface area contributed by atoms with Crippen LogP contribution >= 0.6 is 0 Å². The summed E-state index contributed by atoms with van der Waals surface area (Å²) in [6.07, 6.45) is 0.851. The number of carbonyl (C=O) groups excluding carboxylic acids is 1. The van der Waals surface area contributed by atoms with Crippen molar-refractivity contribution in [2.75, 3.05) is 5.32 Å². The predicted molar refractivity (Wildman–Crippen MR) is 110 cm³/mol. The zero-order valence-corrected chi connectivity index (χ0v) is 16.4. The van der Waals surface area contributed by atoms with Gasteiger partial charge >= 0.3 is 0 Å². The molecule has 2 aromatic heterocycles. The minimum absolute atomic E-state index is 0.0852. The fourth-order valence-corrected chi connectivity index (χ4v) is 3.35. The number of rotatable bonds is 6. The number of hydrogen-bond acceptors (Lipinski definition) is 3. The predicted octanol–water partition coefficient (Wildman–Crippen LogP) is 4.13. The number of aromatic amines is 1. The number of benzene rings is 2. The van der Waals surface area contributed by atoms with Crippen LogP contribution < -0.4 is 5.32 Å². The molecule has 0 unspecified atom stereocenters. The van der Waals surface area contributed by atoms with E-state index in [1.807, 2.05) is 42.8 Å². The standard InChI is InChI=1S/C22H22FN5O/c1-14-22(15(2)28(27-14)13-16-7-9-17(23)10-8-16)26-21(29)12-11-20-24-18-5-3-4-6-19(18)25-20/h3-10H,11-13H2,1-2H3,(H,24,25)(H,26,29). The van der Waals surface area contributed by atoms with Crippen LogP contribution in [0.2, 0.25) is 0 Å². The molecule has 0 saturated heterocycles. The molecule has 0 spiro atoms. The molecule has 0 aliphatic rings. The number of halogens is 1. The fraction of sp³-hybridized carbons (Fsp3) is 0.227. The van der Waals surface area contributed by atoms with Gasteiger partial charge in [0.05, 0.1) is 34.7 Å². The highest BCUT2D eigenvalue weighted by molar-refractivity contribution is 5.92. The zero-order chi connectivity index (χ0) is 20.4. The normalized spacial score (nSPS) is 11.1. The molecule has 0 bridgehead atoms. The molecule has 29 heavy (non-hydrogen) atoms. The van der Waals surface area contributed by atoms with Gasteiger partial charge in [-0.2, -0.15) is 5.10 Å². The maximum absolute atomic E-state index is 13.1. The second-order valence-electron chi connectivity index (χ2n) is 7.08. The quantitative estimate of drug-likeness (QED) is 0.519. The van der Waals surface area contributed by atoms with Crippen LogP contribution in [0, 0.1) is 19.7 Å².